The fraction of sp³-hybridized carbons (Fsp3) is 0.167. The van der Waals surface area contributed by atoms with Crippen molar-refractivity contribution in [2.24, 2.45) is 12.9 Å². The minimum Gasteiger partial charge on any atom is -1.00 e. The normalized spacial score (nSPS) is 8.20. The molecule has 0 bridgehead atoms. The Labute approximate surface area is 77.2 Å². The van der Waals surface area contributed by atoms with Crippen LogP contribution >= 0.6 is 0 Å². The van der Waals surface area contributed by atoms with Crippen molar-refractivity contribution in [3.8, 4) is 0 Å². The van der Waals surface area contributed by atoms with Crippen LogP contribution in [0.1, 0.15) is 0 Å². The summed E-state index contributed by atoms with van der Waals surface area (Å²) in [6.07, 6.45) is 3.85. The number of anilines is 1. The summed E-state index contributed by atoms with van der Waals surface area (Å²) in [4.78, 5) is 0. The van der Waals surface area contributed by atoms with Crippen LogP contribution < -0.4 is 39.8 Å². The van der Waals surface area contributed by atoms with E-state index < -0.39 is 0 Å². The molecule has 0 saturated carbocycles. The minimum atomic E-state index is 0. The van der Waals surface area contributed by atoms with E-state index in [2.05, 4.69) is 5.43 Å². The lowest BCUT2D eigenvalue weighted by Crippen LogP contribution is -3.00. The SMILES string of the molecule is C[n+]1ccc(NN)cc1.[I-]. The zero-order valence-corrected chi connectivity index (χ0v) is 7.87. The minimum absolute atomic E-state index is 0. The number of rotatable bonds is 1. The zero-order chi connectivity index (χ0) is 6.69. The maximum Gasteiger partial charge on any atom is 0.170 e. The largest absolute Gasteiger partial charge is 1.00 e. The average Bonchev–Trinajstić information content (AvgIpc) is 1.90. The lowest BCUT2D eigenvalue weighted by Gasteiger charge is -1.93. The monoisotopic (exact) mass is 251 g/mol. The summed E-state index contributed by atoms with van der Waals surface area (Å²) in [7, 11) is 1.96. The van der Waals surface area contributed by atoms with E-state index in [0.717, 1.165) is 5.69 Å². The third-order valence-corrected chi connectivity index (χ3v) is 1.15. The van der Waals surface area contributed by atoms with E-state index in [4.69, 9.17) is 5.84 Å². The number of hydrogen-bond donors (Lipinski definition) is 2. The molecule has 0 atom stereocenters. The second kappa shape index (κ2) is 4.45. The number of hydrogen-bond acceptors (Lipinski definition) is 2. The van der Waals surface area contributed by atoms with Crippen molar-refractivity contribution in [3.05, 3.63) is 24.5 Å². The molecule has 1 rings (SSSR count). The zero-order valence-electron chi connectivity index (χ0n) is 5.71. The molecule has 1 aromatic rings. The number of nitrogens with zero attached hydrogens (tertiary/aromatic N) is 1. The number of pyridine rings is 1. The molecule has 0 spiro atoms. The summed E-state index contributed by atoms with van der Waals surface area (Å²) >= 11 is 0. The van der Waals surface area contributed by atoms with E-state index in [0.29, 0.717) is 0 Å². The van der Waals surface area contributed by atoms with Crippen molar-refractivity contribution in [1.82, 2.24) is 0 Å². The van der Waals surface area contributed by atoms with Crippen LogP contribution in [0.15, 0.2) is 24.5 Å². The Balaban J connectivity index is 0.000000810. The molecule has 3 nitrogen and oxygen atoms in total. The van der Waals surface area contributed by atoms with Crippen LogP contribution in [-0.2, 0) is 7.05 Å². The lowest BCUT2D eigenvalue weighted by molar-refractivity contribution is -0.671. The number of nitrogens with two attached hydrogens (primary N) is 1. The van der Waals surface area contributed by atoms with Crippen LogP contribution in [0.25, 0.3) is 0 Å². The third-order valence-electron chi connectivity index (χ3n) is 1.15. The summed E-state index contributed by atoms with van der Waals surface area (Å²) in [6.45, 7) is 0. The van der Waals surface area contributed by atoms with E-state index in [-0.39, 0.29) is 24.0 Å². The quantitative estimate of drug-likeness (QED) is 0.239. The maximum atomic E-state index is 5.14. The van der Waals surface area contributed by atoms with E-state index in [1.807, 2.05) is 36.1 Å². The van der Waals surface area contributed by atoms with Crippen LogP contribution in [0.2, 0.25) is 0 Å². The number of hydrazine groups is 1. The Bertz CT molecular complexity index is 185. The molecule has 3 N–H and O–H groups in total. The van der Waals surface area contributed by atoms with Gasteiger partial charge in [0.25, 0.3) is 0 Å². The van der Waals surface area contributed by atoms with E-state index >= 15 is 0 Å². The molecule has 10 heavy (non-hydrogen) atoms. The van der Waals surface area contributed by atoms with Gasteiger partial charge in [-0.3, -0.25) is 5.84 Å². The molecule has 56 valence electrons. The second-order valence-corrected chi connectivity index (χ2v) is 1.90. The molecular weight excluding hydrogens is 241 g/mol. The van der Waals surface area contributed by atoms with Gasteiger partial charge in [0.2, 0.25) is 0 Å². The Morgan fingerprint density at radius 2 is 1.90 bits per heavy atom. The first-order chi connectivity index (χ1) is 4.33. The van der Waals surface area contributed by atoms with E-state index in [1.165, 1.54) is 0 Å². The highest BCUT2D eigenvalue weighted by Gasteiger charge is 1.89. The van der Waals surface area contributed by atoms with Gasteiger partial charge in [0.05, 0.1) is 5.69 Å². The number of nitrogen functional groups attached to an aromatic ring is 1. The van der Waals surface area contributed by atoms with Crippen molar-refractivity contribution in [2.75, 3.05) is 5.43 Å². The molecule has 0 fully saturated rings. The molecule has 0 radical (unpaired) electrons. The molecule has 0 aromatic carbocycles. The standard InChI is InChI=1S/C6H9N3.HI/c1-9-4-2-6(8-7)3-5-9;/h2-5H,7H2,1H3;1H. The summed E-state index contributed by atoms with van der Waals surface area (Å²) < 4.78 is 1.95. The summed E-state index contributed by atoms with van der Waals surface area (Å²) in [6, 6.07) is 3.81. The van der Waals surface area contributed by atoms with Crippen LogP contribution in [-0.4, -0.2) is 0 Å². The number of aromatic nitrogens is 1. The van der Waals surface area contributed by atoms with Crippen molar-refractivity contribution in [2.45, 2.75) is 0 Å². The highest BCUT2D eigenvalue weighted by molar-refractivity contribution is 5.37. The van der Waals surface area contributed by atoms with Gasteiger partial charge in [-0.2, -0.15) is 0 Å². The van der Waals surface area contributed by atoms with Crippen LogP contribution in [0, 0.1) is 0 Å². The highest BCUT2D eigenvalue weighted by atomic mass is 127. The highest BCUT2D eigenvalue weighted by Crippen LogP contribution is 1.97. The van der Waals surface area contributed by atoms with Gasteiger partial charge in [-0.15, -0.1) is 0 Å². The molecule has 0 amide bonds. The Morgan fingerprint density at radius 1 is 1.40 bits per heavy atom. The van der Waals surface area contributed by atoms with Gasteiger partial charge in [0.1, 0.15) is 7.05 Å². The van der Waals surface area contributed by atoms with Crippen LogP contribution in [0.4, 0.5) is 5.69 Å². The van der Waals surface area contributed by atoms with Gasteiger partial charge in [0, 0.05) is 12.1 Å². The number of halogens is 1. The number of nitrogens with one attached hydrogen (secondary N) is 1. The fourth-order valence-corrected chi connectivity index (χ4v) is 0.597. The van der Waals surface area contributed by atoms with Crippen LogP contribution in [0.3, 0.4) is 0 Å². The number of aryl methyl sites for hydroxylation is 1. The molecule has 4 heteroatoms. The van der Waals surface area contributed by atoms with Crippen molar-refractivity contribution >= 4 is 5.69 Å². The lowest BCUT2D eigenvalue weighted by atomic mass is 10.4. The van der Waals surface area contributed by atoms with Gasteiger partial charge in [0.15, 0.2) is 12.4 Å². The summed E-state index contributed by atoms with van der Waals surface area (Å²) in [5.74, 6) is 5.14. The van der Waals surface area contributed by atoms with Crippen molar-refractivity contribution < 1.29 is 28.5 Å². The van der Waals surface area contributed by atoms with Gasteiger partial charge < -0.3 is 29.4 Å². The van der Waals surface area contributed by atoms with Crippen molar-refractivity contribution in [3.63, 3.8) is 0 Å². The van der Waals surface area contributed by atoms with Gasteiger partial charge in [-0.25, -0.2) is 4.57 Å². The topological polar surface area (TPSA) is 41.9 Å². The third kappa shape index (κ3) is 2.49. The van der Waals surface area contributed by atoms with Crippen molar-refractivity contribution in [1.29, 1.82) is 0 Å². The Hall–Kier alpha value is -0.360. The second-order valence-electron chi connectivity index (χ2n) is 1.90. The van der Waals surface area contributed by atoms with Gasteiger partial charge >= 0.3 is 0 Å². The molecular formula is C6H10IN3. The fourth-order valence-electron chi connectivity index (χ4n) is 0.597. The molecule has 0 aliphatic carbocycles. The summed E-state index contributed by atoms with van der Waals surface area (Å²) in [5.41, 5.74) is 3.47. The van der Waals surface area contributed by atoms with Gasteiger partial charge in [-0.1, -0.05) is 0 Å². The molecule has 0 aliphatic rings. The molecule has 0 aliphatic heterocycles. The maximum absolute atomic E-state index is 5.14. The Morgan fingerprint density at radius 3 is 2.30 bits per heavy atom. The van der Waals surface area contributed by atoms with E-state index in [9.17, 15) is 0 Å². The smallest absolute Gasteiger partial charge is 0.170 e. The molecule has 0 saturated heterocycles. The van der Waals surface area contributed by atoms with Gasteiger partial charge in [-0.05, 0) is 0 Å². The van der Waals surface area contributed by atoms with E-state index in [1.54, 1.807) is 0 Å². The van der Waals surface area contributed by atoms with Crippen LogP contribution in [0.5, 0.6) is 0 Å². The molecule has 1 aromatic heterocycles. The molecule has 1 heterocycles. The summed E-state index contributed by atoms with van der Waals surface area (Å²) in [5, 5.41) is 0. The first-order valence-electron chi connectivity index (χ1n) is 2.75. The average molecular weight is 251 g/mol. The Kier molecular flexibility index (Phi) is 4.29. The first kappa shape index (κ1) is 9.64. The molecule has 0 unspecified atom stereocenters. The predicted molar refractivity (Wildman–Crippen MR) is 35.4 cm³/mol. The first-order valence-corrected chi connectivity index (χ1v) is 2.75. The predicted octanol–water partition coefficient (Wildman–Crippen LogP) is -3.20.